The number of benzene rings is 1. The molecule has 6 heteroatoms. The van der Waals surface area contributed by atoms with Gasteiger partial charge >= 0.3 is 0 Å². The van der Waals surface area contributed by atoms with E-state index in [1.165, 1.54) is 0 Å². The third-order valence-corrected chi connectivity index (χ3v) is 3.80. The molecule has 0 spiro atoms. The molecule has 0 aliphatic carbocycles. The van der Waals surface area contributed by atoms with Crippen LogP contribution in [0.15, 0.2) is 12.1 Å². The number of nitrogens with two attached hydrogens (primary N) is 2. The summed E-state index contributed by atoms with van der Waals surface area (Å²) in [6.45, 7) is 5.27. The van der Waals surface area contributed by atoms with E-state index in [1.54, 1.807) is 0 Å². The van der Waals surface area contributed by atoms with E-state index in [9.17, 15) is 0 Å². The van der Waals surface area contributed by atoms with Crippen molar-refractivity contribution in [2.45, 2.75) is 12.6 Å². The van der Waals surface area contributed by atoms with Gasteiger partial charge < -0.3 is 31.2 Å². The monoisotopic (exact) mass is 278 g/mol. The summed E-state index contributed by atoms with van der Waals surface area (Å²) in [5.41, 5.74) is 13.8. The minimum atomic E-state index is -0.0859. The zero-order chi connectivity index (χ0) is 13.9. The number of anilines is 1. The van der Waals surface area contributed by atoms with Crippen molar-refractivity contribution in [3.05, 3.63) is 17.7 Å². The van der Waals surface area contributed by atoms with Gasteiger partial charge in [0.05, 0.1) is 5.69 Å². The molecule has 0 radical (unpaired) electrons. The van der Waals surface area contributed by atoms with Crippen LogP contribution >= 0.6 is 0 Å². The molecule has 20 heavy (non-hydrogen) atoms. The van der Waals surface area contributed by atoms with Crippen molar-refractivity contribution in [3.8, 4) is 11.5 Å². The molecule has 0 bridgehead atoms. The predicted octanol–water partition coefficient (Wildman–Crippen LogP) is -0.347. The average Bonchev–Trinajstić information content (AvgIpc) is 2.53. The summed E-state index contributed by atoms with van der Waals surface area (Å²) >= 11 is 0. The summed E-state index contributed by atoms with van der Waals surface area (Å²) < 4.78 is 11.8. The summed E-state index contributed by atoms with van der Waals surface area (Å²) in [5.74, 6) is 1.59. The second-order valence-electron chi connectivity index (χ2n) is 5.13. The standard InChI is InChI=1S/C14H22N4O2/c15-7-10-1-2-12-14(20-11(8-16)9-19-12)13(10)18-5-3-17-4-6-18/h1-2,11,17H,3-9,15-16H2. The molecular weight excluding hydrogens is 256 g/mol. The van der Waals surface area contributed by atoms with Gasteiger partial charge in [0.2, 0.25) is 0 Å². The second kappa shape index (κ2) is 5.87. The Morgan fingerprint density at radius 2 is 2.05 bits per heavy atom. The topological polar surface area (TPSA) is 85.8 Å². The molecule has 0 amide bonds. The number of hydrogen-bond donors (Lipinski definition) is 3. The lowest BCUT2D eigenvalue weighted by Gasteiger charge is -2.35. The Hall–Kier alpha value is -1.50. The normalized spacial score (nSPS) is 21.9. The molecule has 2 heterocycles. The van der Waals surface area contributed by atoms with Crippen LogP contribution in [0.1, 0.15) is 5.56 Å². The number of rotatable bonds is 3. The third-order valence-electron chi connectivity index (χ3n) is 3.80. The lowest BCUT2D eigenvalue weighted by molar-refractivity contribution is 0.0972. The molecule has 2 aliphatic heterocycles. The smallest absolute Gasteiger partial charge is 0.185 e. The molecule has 1 aromatic carbocycles. The van der Waals surface area contributed by atoms with Crippen molar-refractivity contribution in [3.63, 3.8) is 0 Å². The van der Waals surface area contributed by atoms with Gasteiger partial charge in [0, 0.05) is 39.3 Å². The van der Waals surface area contributed by atoms with Crippen LogP contribution in [0.5, 0.6) is 11.5 Å². The summed E-state index contributed by atoms with van der Waals surface area (Å²) in [5, 5.41) is 3.36. The number of piperazine rings is 1. The first-order valence-electron chi connectivity index (χ1n) is 7.14. The van der Waals surface area contributed by atoms with Gasteiger partial charge in [-0.2, -0.15) is 0 Å². The van der Waals surface area contributed by atoms with Crippen LogP contribution in [0.4, 0.5) is 5.69 Å². The van der Waals surface area contributed by atoms with Gasteiger partial charge in [0.15, 0.2) is 11.5 Å². The molecule has 6 nitrogen and oxygen atoms in total. The first-order valence-corrected chi connectivity index (χ1v) is 7.14. The van der Waals surface area contributed by atoms with Crippen molar-refractivity contribution in [2.24, 2.45) is 11.5 Å². The first-order chi connectivity index (χ1) is 9.83. The lowest BCUT2D eigenvalue weighted by atomic mass is 10.1. The molecule has 1 fully saturated rings. The molecule has 0 aromatic heterocycles. The van der Waals surface area contributed by atoms with Crippen molar-refractivity contribution < 1.29 is 9.47 Å². The summed E-state index contributed by atoms with van der Waals surface area (Å²) in [6, 6.07) is 3.97. The highest BCUT2D eigenvalue weighted by molar-refractivity contribution is 5.70. The van der Waals surface area contributed by atoms with E-state index < -0.39 is 0 Å². The van der Waals surface area contributed by atoms with Gasteiger partial charge in [0.1, 0.15) is 12.7 Å². The van der Waals surface area contributed by atoms with E-state index in [0.29, 0.717) is 19.7 Å². The van der Waals surface area contributed by atoms with Crippen LogP contribution in [0.25, 0.3) is 0 Å². The molecule has 5 N–H and O–H groups in total. The fourth-order valence-electron chi connectivity index (χ4n) is 2.72. The van der Waals surface area contributed by atoms with E-state index in [0.717, 1.165) is 48.9 Å². The maximum Gasteiger partial charge on any atom is 0.185 e. The Morgan fingerprint density at radius 1 is 1.25 bits per heavy atom. The molecule has 3 rings (SSSR count). The van der Waals surface area contributed by atoms with E-state index in [2.05, 4.69) is 10.2 Å². The molecular formula is C14H22N4O2. The van der Waals surface area contributed by atoms with Crippen LogP contribution in [-0.2, 0) is 6.54 Å². The summed E-state index contributed by atoms with van der Waals surface area (Å²) in [4.78, 5) is 2.32. The highest BCUT2D eigenvalue weighted by atomic mass is 16.6. The predicted molar refractivity (Wildman–Crippen MR) is 78.4 cm³/mol. The van der Waals surface area contributed by atoms with Crippen LogP contribution < -0.4 is 31.2 Å². The van der Waals surface area contributed by atoms with E-state index in [4.69, 9.17) is 20.9 Å². The number of ether oxygens (including phenoxy) is 2. The van der Waals surface area contributed by atoms with Gasteiger partial charge in [-0.25, -0.2) is 0 Å². The van der Waals surface area contributed by atoms with Crippen molar-refractivity contribution >= 4 is 5.69 Å². The van der Waals surface area contributed by atoms with Crippen LogP contribution in [0.3, 0.4) is 0 Å². The van der Waals surface area contributed by atoms with Crippen molar-refractivity contribution in [1.29, 1.82) is 0 Å². The number of nitrogens with one attached hydrogen (secondary N) is 1. The fourth-order valence-corrected chi connectivity index (χ4v) is 2.72. The van der Waals surface area contributed by atoms with Crippen molar-refractivity contribution in [2.75, 3.05) is 44.2 Å². The largest absolute Gasteiger partial charge is 0.486 e. The van der Waals surface area contributed by atoms with E-state index in [1.807, 2.05) is 12.1 Å². The first kappa shape index (κ1) is 13.5. The maximum absolute atomic E-state index is 6.04. The molecule has 110 valence electrons. The Morgan fingerprint density at radius 3 is 2.75 bits per heavy atom. The van der Waals surface area contributed by atoms with E-state index in [-0.39, 0.29) is 6.10 Å². The Balaban J connectivity index is 2.00. The zero-order valence-corrected chi connectivity index (χ0v) is 11.6. The van der Waals surface area contributed by atoms with Crippen LogP contribution in [-0.4, -0.2) is 45.4 Å². The Labute approximate surface area is 119 Å². The quantitative estimate of drug-likeness (QED) is 0.701. The van der Waals surface area contributed by atoms with Gasteiger partial charge in [-0.05, 0) is 11.6 Å². The zero-order valence-electron chi connectivity index (χ0n) is 11.6. The SMILES string of the molecule is NCc1ccc2c(c1N1CCNCC1)OC(CN)CO2. The van der Waals surface area contributed by atoms with Gasteiger partial charge in [0.25, 0.3) is 0 Å². The number of nitrogens with zero attached hydrogens (tertiary/aromatic N) is 1. The van der Waals surface area contributed by atoms with Gasteiger partial charge in [-0.15, -0.1) is 0 Å². The van der Waals surface area contributed by atoms with E-state index >= 15 is 0 Å². The highest BCUT2D eigenvalue weighted by Crippen LogP contribution is 2.43. The molecule has 2 aliphatic rings. The maximum atomic E-state index is 6.04. The number of fused-ring (bicyclic) bond motifs is 1. The van der Waals surface area contributed by atoms with Gasteiger partial charge in [-0.1, -0.05) is 6.07 Å². The third kappa shape index (κ3) is 2.42. The Kier molecular flexibility index (Phi) is 3.95. The van der Waals surface area contributed by atoms with Gasteiger partial charge in [-0.3, -0.25) is 0 Å². The van der Waals surface area contributed by atoms with Crippen LogP contribution in [0, 0.1) is 0 Å². The Bertz CT molecular complexity index is 474. The lowest BCUT2D eigenvalue weighted by Crippen LogP contribution is -2.45. The minimum absolute atomic E-state index is 0.0859. The molecule has 0 saturated carbocycles. The molecule has 1 saturated heterocycles. The second-order valence-corrected chi connectivity index (χ2v) is 5.13. The molecule has 1 atom stereocenters. The fraction of sp³-hybridized carbons (Fsp3) is 0.571. The summed E-state index contributed by atoms with van der Waals surface area (Å²) in [6.07, 6.45) is -0.0859. The van der Waals surface area contributed by atoms with Crippen LogP contribution in [0.2, 0.25) is 0 Å². The average molecular weight is 278 g/mol. The van der Waals surface area contributed by atoms with Crippen molar-refractivity contribution in [1.82, 2.24) is 5.32 Å². The molecule has 1 unspecified atom stereocenters. The highest BCUT2D eigenvalue weighted by Gasteiger charge is 2.27. The number of hydrogen-bond acceptors (Lipinski definition) is 6. The molecule has 1 aromatic rings. The minimum Gasteiger partial charge on any atom is -0.486 e. The summed E-state index contributed by atoms with van der Waals surface area (Å²) in [7, 11) is 0.